The van der Waals surface area contributed by atoms with Gasteiger partial charge in [0, 0.05) is 12.6 Å². The third kappa shape index (κ3) is 3.00. The Bertz CT molecular complexity index is 286. The number of hydrogen-bond acceptors (Lipinski definition) is 2. The summed E-state index contributed by atoms with van der Waals surface area (Å²) in [4.78, 5) is 4.13. The number of aromatic nitrogens is 2. The van der Waals surface area contributed by atoms with Crippen molar-refractivity contribution in [2.45, 2.75) is 26.8 Å². The Hall–Kier alpha value is -1.09. The van der Waals surface area contributed by atoms with Crippen LogP contribution in [0.2, 0.25) is 0 Å². The third-order valence-electron chi connectivity index (χ3n) is 2.05. The van der Waals surface area contributed by atoms with Gasteiger partial charge in [-0.3, -0.25) is 0 Å². The van der Waals surface area contributed by atoms with Crippen molar-refractivity contribution in [3.63, 3.8) is 0 Å². The SMILES string of the molecule is CCNCC=Cc1cncn1C(C)C. The molecule has 0 aliphatic rings. The van der Waals surface area contributed by atoms with Gasteiger partial charge in [0.05, 0.1) is 18.2 Å². The zero-order valence-electron chi connectivity index (χ0n) is 9.20. The second-order valence-electron chi connectivity index (χ2n) is 3.53. The quantitative estimate of drug-likeness (QED) is 0.726. The van der Waals surface area contributed by atoms with Crippen LogP contribution in [0.25, 0.3) is 6.08 Å². The average Bonchev–Trinajstić information content (AvgIpc) is 2.60. The topological polar surface area (TPSA) is 29.9 Å². The van der Waals surface area contributed by atoms with Crippen LogP contribution in [0.5, 0.6) is 0 Å². The van der Waals surface area contributed by atoms with E-state index in [2.05, 4.69) is 47.8 Å². The molecule has 1 heterocycles. The Kier molecular flexibility index (Phi) is 4.40. The zero-order chi connectivity index (χ0) is 10.4. The van der Waals surface area contributed by atoms with Crippen molar-refractivity contribution < 1.29 is 0 Å². The van der Waals surface area contributed by atoms with E-state index in [4.69, 9.17) is 0 Å². The lowest BCUT2D eigenvalue weighted by atomic mass is 10.3. The summed E-state index contributed by atoms with van der Waals surface area (Å²) in [5.41, 5.74) is 1.16. The molecule has 1 rings (SSSR count). The Morgan fingerprint density at radius 1 is 1.57 bits per heavy atom. The van der Waals surface area contributed by atoms with Crippen LogP contribution in [0.4, 0.5) is 0 Å². The summed E-state index contributed by atoms with van der Waals surface area (Å²) in [5.74, 6) is 0. The number of hydrogen-bond donors (Lipinski definition) is 1. The number of nitrogens with one attached hydrogen (secondary N) is 1. The molecule has 1 N–H and O–H groups in total. The average molecular weight is 193 g/mol. The van der Waals surface area contributed by atoms with Gasteiger partial charge in [-0.25, -0.2) is 4.98 Å². The van der Waals surface area contributed by atoms with Gasteiger partial charge in [0.1, 0.15) is 0 Å². The molecule has 0 radical (unpaired) electrons. The van der Waals surface area contributed by atoms with Crippen molar-refractivity contribution in [3.05, 3.63) is 24.3 Å². The van der Waals surface area contributed by atoms with E-state index in [1.807, 2.05) is 12.5 Å². The van der Waals surface area contributed by atoms with Crippen LogP contribution in [0.15, 0.2) is 18.6 Å². The fraction of sp³-hybridized carbons (Fsp3) is 0.545. The molecule has 0 saturated heterocycles. The molecular formula is C11H19N3. The van der Waals surface area contributed by atoms with Gasteiger partial charge in [-0.05, 0) is 26.5 Å². The Balaban J connectivity index is 2.57. The second-order valence-corrected chi connectivity index (χ2v) is 3.53. The summed E-state index contributed by atoms with van der Waals surface area (Å²) < 4.78 is 2.16. The molecule has 1 aromatic heterocycles. The van der Waals surface area contributed by atoms with E-state index in [-0.39, 0.29) is 0 Å². The minimum atomic E-state index is 0.469. The van der Waals surface area contributed by atoms with Crippen LogP contribution in [0.1, 0.15) is 32.5 Å². The predicted molar refractivity (Wildman–Crippen MR) is 60.2 cm³/mol. The highest BCUT2D eigenvalue weighted by molar-refractivity contribution is 5.44. The first-order valence-corrected chi connectivity index (χ1v) is 5.14. The third-order valence-corrected chi connectivity index (χ3v) is 2.05. The maximum atomic E-state index is 4.13. The molecule has 0 bridgehead atoms. The van der Waals surface area contributed by atoms with E-state index in [9.17, 15) is 0 Å². The standard InChI is InChI=1S/C11H19N3/c1-4-12-7-5-6-11-8-13-9-14(11)10(2)3/h5-6,8-10,12H,4,7H2,1-3H3. The normalized spacial score (nSPS) is 11.7. The van der Waals surface area contributed by atoms with Crippen LogP contribution in [0.3, 0.4) is 0 Å². The molecule has 0 spiro atoms. The highest BCUT2D eigenvalue weighted by Crippen LogP contribution is 2.09. The second kappa shape index (κ2) is 5.60. The lowest BCUT2D eigenvalue weighted by Gasteiger charge is -2.08. The first-order chi connectivity index (χ1) is 6.75. The molecule has 1 aromatic rings. The summed E-state index contributed by atoms with van der Waals surface area (Å²) >= 11 is 0. The van der Waals surface area contributed by atoms with E-state index in [0.29, 0.717) is 6.04 Å². The van der Waals surface area contributed by atoms with Gasteiger partial charge >= 0.3 is 0 Å². The molecule has 3 nitrogen and oxygen atoms in total. The molecule has 0 saturated carbocycles. The largest absolute Gasteiger partial charge is 0.329 e. The summed E-state index contributed by atoms with van der Waals surface area (Å²) in [6, 6.07) is 0.469. The number of nitrogens with zero attached hydrogens (tertiary/aromatic N) is 2. The molecule has 0 fully saturated rings. The van der Waals surface area contributed by atoms with Crippen molar-refractivity contribution in [1.82, 2.24) is 14.9 Å². The van der Waals surface area contributed by atoms with E-state index in [0.717, 1.165) is 18.8 Å². The van der Waals surface area contributed by atoms with Gasteiger partial charge in [0.2, 0.25) is 0 Å². The lowest BCUT2D eigenvalue weighted by Crippen LogP contribution is -2.11. The molecule has 0 aliphatic heterocycles. The van der Waals surface area contributed by atoms with Gasteiger partial charge in [0.25, 0.3) is 0 Å². The van der Waals surface area contributed by atoms with Crippen LogP contribution >= 0.6 is 0 Å². The van der Waals surface area contributed by atoms with Crippen LogP contribution in [-0.2, 0) is 0 Å². The molecule has 0 aliphatic carbocycles. The number of likely N-dealkylation sites (N-methyl/N-ethyl adjacent to an activating group) is 1. The molecule has 0 aromatic carbocycles. The first-order valence-electron chi connectivity index (χ1n) is 5.14. The van der Waals surface area contributed by atoms with Crippen molar-refractivity contribution >= 4 is 6.08 Å². The monoisotopic (exact) mass is 193 g/mol. The van der Waals surface area contributed by atoms with E-state index >= 15 is 0 Å². The zero-order valence-corrected chi connectivity index (χ0v) is 9.20. The Labute approximate surface area is 85.8 Å². The van der Waals surface area contributed by atoms with Crippen LogP contribution < -0.4 is 5.32 Å². The van der Waals surface area contributed by atoms with E-state index in [1.165, 1.54) is 0 Å². The molecule has 0 unspecified atom stereocenters. The van der Waals surface area contributed by atoms with Crippen molar-refractivity contribution in [2.24, 2.45) is 0 Å². The van der Waals surface area contributed by atoms with Crippen LogP contribution in [0, 0.1) is 0 Å². The number of imidazole rings is 1. The van der Waals surface area contributed by atoms with Gasteiger partial charge in [0.15, 0.2) is 0 Å². The summed E-state index contributed by atoms with van der Waals surface area (Å²) in [6.07, 6.45) is 8.00. The van der Waals surface area contributed by atoms with Gasteiger partial charge in [-0.2, -0.15) is 0 Å². The Morgan fingerprint density at radius 3 is 3.00 bits per heavy atom. The highest BCUT2D eigenvalue weighted by Gasteiger charge is 2.00. The summed E-state index contributed by atoms with van der Waals surface area (Å²) in [7, 11) is 0. The number of rotatable bonds is 5. The smallest absolute Gasteiger partial charge is 0.0953 e. The molecular weight excluding hydrogens is 174 g/mol. The fourth-order valence-electron chi connectivity index (χ4n) is 1.28. The fourth-order valence-corrected chi connectivity index (χ4v) is 1.28. The van der Waals surface area contributed by atoms with Gasteiger partial charge in [-0.15, -0.1) is 0 Å². The minimum Gasteiger partial charge on any atom is -0.329 e. The summed E-state index contributed by atoms with van der Waals surface area (Å²) in [5, 5.41) is 3.24. The van der Waals surface area contributed by atoms with E-state index < -0.39 is 0 Å². The molecule has 0 amide bonds. The van der Waals surface area contributed by atoms with Gasteiger partial charge in [-0.1, -0.05) is 13.0 Å². The summed E-state index contributed by atoms with van der Waals surface area (Å²) in [6.45, 7) is 8.34. The highest BCUT2D eigenvalue weighted by atomic mass is 15.1. The molecule has 0 atom stereocenters. The van der Waals surface area contributed by atoms with Gasteiger partial charge < -0.3 is 9.88 Å². The predicted octanol–water partition coefficient (Wildman–Crippen LogP) is 2.09. The van der Waals surface area contributed by atoms with Crippen molar-refractivity contribution in [1.29, 1.82) is 0 Å². The lowest BCUT2D eigenvalue weighted by molar-refractivity contribution is 0.595. The Morgan fingerprint density at radius 2 is 2.36 bits per heavy atom. The maximum absolute atomic E-state index is 4.13. The molecule has 78 valence electrons. The van der Waals surface area contributed by atoms with Crippen molar-refractivity contribution in [3.8, 4) is 0 Å². The van der Waals surface area contributed by atoms with Crippen molar-refractivity contribution in [2.75, 3.05) is 13.1 Å². The van der Waals surface area contributed by atoms with E-state index in [1.54, 1.807) is 0 Å². The molecule has 3 heteroatoms. The minimum absolute atomic E-state index is 0.469. The maximum Gasteiger partial charge on any atom is 0.0953 e. The first kappa shape index (κ1) is 11.0. The van der Waals surface area contributed by atoms with Crippen LogP contribution in [-0.4, -0.2) is 22.6 Å². The molecule has 14 heavy (non-hydrogen) atoms.